The minimum absolute atomic E-state index is 0.210. The van der Waals surface area contributed by atoms with Gasteiger partial charge < -0.3 is 10.6 Å². The first-order chi connectivity index (χ1) is 10.6. The van der Waals surface area contributed by atoms with Crippen LogP contribution < -0.4 is 10.6 Å². The van der Waals surface area contributed by atoms with Gasteiger partial charge in [-0.2, -0.15) is 0 Å². The van der Waals surface area contributed by atoms with Crippen LogP contribution in [0.25, 0.3) is 0 Å². The molecule has 0 bridgehead atoms. The predicted octanol–water partition coefficient (Wildman–Crippen LogP) is 3.51. The van der Waals surface area contributed by atoms with E-state index in [0.29, 0.717) is 28.4 Å². The standard InChI is InChI=1S/C17H15ClN2O2/c1-2-11-19-16(21)12-7-9-13(10-8-12)17(22)20-15-6-4-3-5-14(15)18/h2-10H,1,11H2,(H,19,21)(H,20,22). The zero-order valence-electron chi connectivity index (χ0n) is 11.8. The summed E-state index contributed by atoms with van der Waals surface area (Å²) in [5, 5.41) is 5.86. The Kier molecular flexibility index (Phi) is 5.33. The van der Waals surface area contributed by atoms with E-state index in [-0.39, 0.29) is 11.8 Å². The number of hydrogen-bond acceptors (Lipinski definition) is 2. The number of nitrogens with one attached hydrogen (secondary N) is 2. The molecule has 0 radical (unpaired) electrons. The van der Waals surface area contributed by atoms with Crippen molar-refractivity contribution in [3.05, 3.63) is 77.3 Å². The molecule has 2 amide bonds. The van der Waals surface area contributed by atoms with Gasteiger partial charge >= 0.3 is 0 Å². The van der Waals surface area contributed by atoms with Gasteiger partial charge in [0, 0.05) is 17.7 Å². The molecule has 2 rings (SSSR count). The summed E-state index contributed by atoms with van der Waals surface area (Å²) in [7, 11) is 0. The van der Waals surface area contributed by atoms with Gasteiger partial charge in [0.25, 0.3) is 11.8 Å². The largest absolute Gasteiger partial charge is 0.349 e. The number of benzene rings is 2. The van der Waals surface area contributed by atoms with E-state index in [9.17, 15) is 9.59 Å². The van der Waals surface area contributed by atoms with Crippen LogP contribution in [0, 0.1) is 0 Å². The van der Waals surface area contributed by atoms with Crippen molar-refractivity contribution in [1.29, 1.82) is 0 Å². The Labute approximate surface area is 133 Å². The first-order valence-corrected chi connectivity index (χ1v) is 7.04. The number of carbonyl (C=O) groups is 2. The van der Waals surface area contributed by atoms with Crippen LogP contribution in [-0.4, -0.2) is 18.4 Å². The summed E-state index contributed by atoms with van der Waals surface area (Å²) < 4.78 is 0. The van der Waals surface area contributed by atoms with Crippen LogP contribution in [0.15, 0.2) is 61.2 Å². The molecule has 0 saturated carbocycles. The maximum atomic E-state index is 12.1. The summed E-state index contributed by atoms with van der Waals surface area (Å²) >= 11 is 6.00. The maximum absolute atomic E-state index is 12.1. The average Bonchev–Trinajstić information content (AvgIpc) is 2.55. The molecule has 4 nitrogen and oxygen atoms in total. The highest BCUT2D eigenvalue weighted by Crippen LogP contribution is 2.21. The molecule has 0 spiro atoms. The highest BCUT2D eigenvalue weighted by atomic mass is 35.5. The van der Waals surface area contributed by atoms with E-state index in [0.717, 1.165) is 0 Å². The van der Waals surface area contributed by atoms with E-state index >= 15 is 0 Å². The van der Waals surface area contributed by atoms with E-state index in [1.165, 1.54) is 0 Å². The minimum Gasteiger partial charge on any atom is -0.349 e. The molecule has 0 fully saturated rings. The lowest BCUT2D eigenvalue weighted by molar-refractivity contribution is 0.0956. The number of rotatable bonds is 5. The second-order valence-electron chi connectivity index (χ2n) is 4.51. The van der Waals surface area contributed by atoms with Crippen molar-refractivity contribution >= 4 is 29.1 Å². The Morgan fingerprint density at radius 2 is 1.59 bits per heavy atom. The number of carbonyl (C=O) groups excluding carboxylic acids is 2. The molecule has 0 unspecified atom stereocenters. The van der Waals surface area contributed by atoms with E-state index < -0.39 is 0 Å². The monoisotopic (exact) mass is 314 g/mol. The summed E-state index contributed by atoms with van der Waals surface area (Å²) in [4.78, 5) is 23.9. The smallest absolute Gasteiger partial charge is 0.255 e. The molecular weight excluding hydrogens is 300 g/mol. The molecule has 0 aliphatic heterocycles. The third-order valence-electron chi connectivity index (χ3n) is 2.94. The van der Waals surface area contributed by atoms with Crippen molar-refractivity contribution in [3.63, 3.8) is 0 Å². The van der Waals surface area contributed by atoms with Gasteiger partial charge in [0.2, 0.25) is 0 Å². The van der Waals surface area contributed by atoms with Crippen LogP contribution in [0.4, 0.5) is 5.69 Å². The normalized spacial score (nSPS) is 9.86. The molecule has 112 valence electrons. The number of anilines is 1. The highest BCUT2D eigenvalue weighted by molar-refractivity contribution is 6.33. The Bertz CT molecular complexity index is 696. The number of halogens is 1. The Morgan fingerprint density at radius 1 is 1.00 bits per heavy atom. The fourth-order valence-corrected chi connectivity index (χ4v) is 1.98. The van der Waals surface area contributed by atoms with Gasteiger partial charge in [0.15, 0.2) is 0 Å². The molecule has 2 aromatic carbocycles. The van der Waals surface area contributed by atoms with Crippen molar-refractivity contribution in [3.8, 4) is 0 Å². The topological polar surface area (TPSA) is 58.2 Å². The van der Waals surface area contributed by atoms with Crippen molar-refractivity contribution in [2.24, 2.45) is 0 Å². The molecular formula is C17H15ClN2O2. The molecule has 0 aliphatic carbocycles. The first kappa shape index (κ1) is 15.8. The maximum Gasteiger partial charge on any atom is 0.255 e. The zero-order chi connectivity index (χ0) is 15.9. The van der Waals surface area contributed by atoms with Crippen molar-refractivity contribution in [1.82, 2.24) is 5.32 Å². The fraction of sp³-hybridized carbons (Fsp3) is 0.0588. The second kappa shape index (κ2) is 7.43. The average molecular weight is 315 g/mol. The third-order valence-corrected chi connectivity index (χ3v) is 3.27. The lowest BCUT2D eigenvalue weighted by Crippen LogP contribution is -2.23. The van der Waals surface area contributed by atoms with Crippen LogP contribution >= 0.6 is 11.6 Å². The predicted molar refractivity (Wildman–Crippen MR) is 88.4 cm³/mol. The molecule has 2 N–H and O–H groups in total. The van der Waals surface area contributed by atoms with E-state index in [2.05, 4.69) is 17.2 Å². The third kappa shape index (κ3) is 3.96. The molecule has 0 heterocycles. The van der Waals surface area contributed by atoms with Gasteiger partial charge in [0.1, 0.15) is 0 Å². The Hall–Kier alpha value is -2.59. The van der Waals surface area contributed by atoms with Crippen LogP contribution in [0.1, 0.15) is 20.7 Å². The lowest BCUT2D eigenvalue weighted by Gasteiger charge is -2.07. The Morgan fingerprint density at radius 3 is 2.18 bits per heavy atom. The van der Waals surface area contributed by atoms with E-state index in [1.54, 1.807) is 54.6 Å². The van der Waals surface area contributed by atoms with Gasteiger partial charge in [-0.05, 0) is 36.4 Å². The summed E-state index contributed by atoms with van der Waals surface area (Å²) in [5.41, 5.74) is 1.47. The molecule has 5 heteroatoms. The SMILES string of the molecule is C=CCNC(=O)c1ccc(C(=O)Nc2ccccc2Cl)cc1. The molecule has 0 atom stereocenters. The quantitative estimate of drug-likeness (QED) is 0.830. The summed E-state index contributed by atoms with van der Waals surface area (Å²) in [5.74, 6) is -0.496. The van der Waals surface area contributed by atoms with Crippen molar-refractivity contribution in [2.45, 2.75) is 0 Å². The number of para-hydroxylation sites is 1. The summed E-state index contributed by atoms with van der Waals surface area (Å²) in [6.45, 7) is 3.93. The van der Waals surface area contributed by atoms with Gasteiger partial charge in [-0.15, -0.1) is 6.58 Å². The lowest BCUT2D eigenvalue weighted by atomic mass is 10.1. The van der Waals surface area contributed by atoms with Crippen molar-refractivity contribution in [2.75, 3.05) is 11.9 Å². The van der Waals surface area contributed by atoms with Gasteiger partial charge in [-0.3, -0.25) is 9.59 Å². The van der Waals surface area contributed by atoms with Gasteiger partial charge in [0.05, 0.1) is 10.7 Å². The molecule has 2 aromatic rings. The van der Waals surface area contributed by atoms with Crippen LogP contribution in [0.3, 0.4) is 0 Å². The zero-order valence-corrected chi connectivity index (χ0v) is 12.6. The fourth-order valence-electron chi connectivity index (χ4n) is 1.80. The molecule has 22 heavy (non-hydrogen) atoms. The van der Waals surface area contributed by atoms with Gasteiger partial charge in [-0.1, -0.05) is 29.8 Å². The molecule has 0 saturated heterocycles. The highest BCUT2D eigenvalue weighted by Gasteiger charge is 2.10. The number of hydrogen-bond donors (Lipinski definition) is 2. The minimum atomic E-state index is -0.286. The molecule has 0 aliphatic rings. The Balaban J connectivity index is 2.07. The molecule has 0 aromatic heterocycles. The number of amides is 2. The summed E-state index contributed by atoms with van der Waals surface area (Å²) in [6, 6.07) is 13.4. The van der Waals surface area contributed by atoms with E-state index in [4.69, 9.17) is 11.6 Å². The van der Waals surface area contributed by atoms with E-state index in [1.807, 2.05) is 0 Å². The van der Waals surface area contributed by atoms with Crippen LogP contribution in [0.2, 0.25) is 5.02 Å². The van der Waals surface area contributed by atoms with Gasteiger partial charge in [-0.25, -0.2) is 0 Å². The van der Waals surface area contributed by atoms with Crippen LogP contribution in [-0.2, 0) is 0 Å². The first-order valence-electron chi connectivity index (χ1n) is 6.67. The summed E-state index contributed by atoms with van der Waals surface area (Å²) in [6.07, 6.45) is 1.60. The van der Waals surface area contributed by atoms with Crippen molar-refractivity contribution < 1.29 is 9.59 Å². The van der Waals surface area contributed by atoms with Crippen LogP contribution in [0.5, 0.6) is 0 Å². The second-order valence-corrected chi connectivity index (χ2v) is 4.92.